The Labute approximate surface area is 150 Å². The second kappa shape index (κ2) is 5.78. The SMILES string of the molecule is O=C(/C=C/c1cccnc1)c1ccc2ccc3cccc4ccc1c2c34. The molecule has 0 spiro atoms. The Balaban J connectivity index is 1.71. The third-order valence-corrected chi connectivity index (χ3v) is 4.91. The average molecular weight is 333 g/mol. The molecule has 0 saturated carbocycles. The Morgan fingerprint density at radius 2 is 1.50 bits per heavy atom. The highest BCUT2D eigenvalue weighted by molar-refractivity contribution is 6.27. The molecule has 0 N–H and O–H groups in total. The first-order valence-electron chi connectivity index (χ1n) is 8.60. The predicted molar refractivity (Wildman–Crippen MR) is 108 cm³/mol. The molecule has 0 unspecified atom stereocenters. The first kappa shape index (κ1) is 14.8. The second-order valence-corrected chi connectivity index (χ2v) is 6.45. The van der Waals surface area contributed by atoms with Crippen LogP contribution in [0.25, 0.3) is 38.4 Å². The minimum Gasteiger partial charge on any atom is -0.289 e. The topological polar surface area (TPSA) is 30.0 Å². The number of rotatable bonds is 3. The lowest BCUT2D eigenvalue weighted by Crippen LogP contribution is -1.97. The average Bonchev–Trinajstić information content (AvgIpc) is 2.71. The first-order valence-corrected chi connectivity index (χ1v) is 8.60. The summed E-state index contributed by atoms with van der Waals surface area (Å²) < 4.78 is 0. The van der Waals surface area contributed by atoms with Crippen LogP contribution >= 0.6 is 0 Å². The number of hydrogen-bond donors (Lipinski definition) is 0. The van der Waals surface area contributed by atoms with E-state index < -0.39 is 0 Å². The van der Waals surface area contributed by atoms with Crippen molar-refractivity contribution in [1.82, 2.24) is 4.98 Å². The quantitative estimate of drug-likeness (QED) is 0.235. The molecule has 0 atom stereocenters. The highest BCUT2D eigenvalue weighted by atomic mass is 16.1. The Bertz CT molecular complexity index is 1270. The zero-order valence-electron chi connectivity index (χ0n) is 14.0. The minimum absolute atomic E-state index is 0.00628. The molecule has 0 aliphatic heterocycles. The zero-order valence-corrected chi connectivity index (χ0v) is 14.0. The summed E-state index contributed by atoms with van der Waals surface area (Å²) in [7, 11) is 0. The van der Waals surface area contributed by atoms with Crippen LogP contribution in [0.2, 0.25) is 0 Å². The van der Waals surface area contributed by atoms with Gasteiger partial charge in [0.05, 0.1) is 0 Å². The van der Waals surface area contributed by atoms with Crippen LogP contribution in [0, 0.1) is 0 Å². The van der Waals surface area contributed by atoms with Gasteiger partial charge in [0.25, 0.3) is 0 Å². The number of ketones is 1. The van der Waals surface area contributed by atoms with Crippen molar-refractivity contribution in [3.05, 3.63) is 96.3 Å². The molecule has 0 aliphatic carbocycles. The molecule has 2 heteroatoms. The standard InChI is InChI=1S/C24H15NO/c26-22(13-6-16-3-2-14-25-15-16)20-11-9-19-8-7-17-4-1-5-18-10-12-21(20)24(19)23(17)18/h1-15H/b13-6+. The van der Waals surface area contributed by atoms with E-state index >= 15 is 0 Å². The lowest BCUT2D eigenvalue weighted by atomic mass is 9.91. The molecule has 0 saturated heterocycles. The van der Waals surface area contributed by atoms with Gasteiger partial charge in [0.2, 0.25) is 0 Å². The third-order valence-electron chi connectivity index (χ3n) is 4.91. The number of carbonyl (C=O) groups excluding carboxylic acids is 1. The van der Waals surface area contributed by atoms with Crippen molar-refractivity contribution in [2.75, 3.05) is 0 Å². The fourth-order valence-corrected chi connectivity index (χ4v) is 3.69. The number of pyridine rings is 1. The lowest BCUT2D eigenvalue weighted by Gasteiger charge is -2.12. The Kier molecular flexibility index (Phi) is 3.29. The molecule has 4 aromatic carbocycles. The largest absolute Gasteiger partial charge is 0.289 e. The predicted octanol–water partition coefficient (Wildman–Crippen LogP) is 5.88. The monoisotopic (exact) mass is 333 g/mol. The van der Waals surface area contributed by atoms with Crippen LogP contribution in [0.1, 0.15) is 15.9 Å². The summed E-state index contributed by atoms with van der Waals surface area (Å²) in [6, 6.07) is 22.5. The van der Waals surface area contributed by atoms with Gasteiger partial charge in [-0.05, 0) is 62.2 Å². The van der Waals surface area contributed by atoms with E-state index in [-0.39, 0.29) is 5.78 Å². The summed E-state index contributed by atoms with van der Waals surface area (Å²) in [5, 5.41) is 6.98. The van der Waals surface area contributed by atoms with Gasteiger partial charge in [-0.15, -0.1) is 0 Å². The van der Waals surface area contributed by atoms with E-state index in [1.165, 1.54) is 21.5 Å². The second-order valence-electron chi connectivity index (χ2n) is 6.45. The van der Waals surface area contributed by atoms with Gasteiger partial charge < -0.3 is 0 Å². The van der Waals surface area contributed by atoms with Gasteiger partial charge in [-0.2, -0.15) is 0 Å². The van der Waals surface area contributed by atoms with Crippen LogP contribution in [0.3, 0.4) is 0 Å². The van der Waals surface area contributed by atoms with E-state index in [4.69, 9.17) is 0 Å². The third kappa shape index (κ3) is 2.27. The summed E-state index contributed by atoms with van der Waals surface area (Å²) in [6.45, 7) is 0. The van der Waals surface area contributed by atoms with Crippen LogP contribution in [-0.2, 0) is 0 Å². The normalized spacial score (nSPS) is 11.8. The number of aromatic nitrogens is 1. The smallest absolute Gasteiger partial charge is 0.186 e. The Morgan fingerprint density at radius 1 is 0.769 bits per heavy atom. The molecule has 5 rings (SSSR count). The summed E-state index contributed by atoms with van der Waals surface area (Å²) in [6.07, 6.45) is 6.91. The van der Waals surface area contributed by atoms with Crippen molar-refractivity contribution in [3.8, 4) is 0 Å². The van der Waals surface area contributed by atoms with Crippen LogP contribution in [0.5, 0.6) is 0 Å². The van der Waals surface area contributed by atoms with Crippen molar-refractivity contribution in [2.24, 2.45) is 0 Å². The molecule has 122 valence electrons. The van der Waals surface area contributed by atoms with Crippen LogP contribution in [0.4, 0.5) is 0 Å². The molecule has 0 radical (unpaired) electrons. The van der Waals surface area contributed by atoms with Crippen LogP contribution < -0.4 is 0 Å². The molecule has 1 heterocycles. The van der Waals surface area contributed by atoms with Gasteiger partial charge in [-0.1, -0.05) is 54.6 Å². The van der Waals surface area contributed by atoms with E-state index in [1.54, 1.807) is 18.5 Å². The van der Waals surface area contributed by atoms with Gasteiger partial charge in [0, 0.05) is 18.0 Å². The summed E-state index contributed by atoms with van der Waals surface area (Å²) in [4.78, 5) is 16.9. The molecule has 2 nitrogen and oxygen atoms in total. The van der Waals surface area contributed by atoms with Crippen LogP contribution in [-0.4, -0.2) is 10.8 Å². The molecule has 0 aliphatic rings. The number of allylic oxidation sites excluding steroid dienone is 1. The van der Waals surface area contributed by atoms with Crippen molar-refractivity contribution in [2.45, 2.75) is 0 Å². The van der Waals surface area contributed by atoms with E-state index in [9.17, 15) is 4.79 Å². The van der Waals surface area contributed by atoms with Crippen molar-refractivity contribution < 1.29 is 4.79 Å². The van der Waals surface area contributed by atoms with E-state index in [1.807, 2.05) is 30.3 Å². The fraction of sp³-hybridized carbons (Fsp3) is 0. The van der Waals surface area contributed by atoms with E-state index in [2.05, 4.69) is 47.4 Å². The first-order chi connectivity index (χ1) is 12.8. The zero-order chi connectivity index (χ0) is 17.5. The summed E-state index contributed by atoms with van der Waals surface area (Å²) in [5.74, 6) is 0.00628. The van der Waals surface area contributed by atoms with Gasteiger partial charge in [-0.3, -0.25) is 9.78 Å². The molecular formula is C24H15NO. The lowest BCUT2D eigenvalue weighted by molar-refractivity contribution is 0.104. The number of hydrogen-bond acceptors (Lipinski definition) is 2. The van der Waals surface area contributed by atoms with E-state index in [0.29, 0.717) is 0 Å². The molecule has 5 aromatic rings. The number of carbonyl (C=O) groups is 1. The Morgan fingerprint density at radius 3 is 2.27 bits per heavy atom. The summed E-state index contributed by atoms with van der Waals surface area (Å²) in [5.41, 5.74) is 1.65. The highest BCUT2D eigenvalue weighted by Gasteiger charge is 2.13. The maximum atomic E-state index is 12.9. The van der Waals surface area contributed by atoms with Crippen LogP contribution in [0.15, 0.2) is 85.2 Å². The highest BCUT2D eigenvalue weighted by Crippen LogP contribution is 2.36. The maximum absolute atomic E-state index is 12.9. The van der Waals surface area contributed by atoms with E-state index in [0.717, 1.165) is 21.9 Å². The molecular weight excluding hydrogens is 318 g/mol. The maximum Gasteiger partial charge on any atom is 0.186 e. The summed E-state index contributed by atoms with van der Waals surface area (Å²) >= 11 is 0. The van der Waals surface area contributed by atoms with Gasteiger partial charge in [0.15, 0.2) is 5.78 Å². The van der Waals surface area contributed by atoms with Gasteiger partial charge in [0.1, 0.15) is 0 Å². The number of nitrogens with zero attached hydrogens (tertiary/aromatic N) is 1. The van der Waals surface area contributed by atoms with Gasteiger partial charge >= 0.3 is 0 Å². The van der Waals surface area contributed by atoms with Gasteiger partial charge in [-0.25, -0.2) is 0 Å². The molecule has 0 amide bonds. The van der Waals surface area contributed by atoms with Crippen molar-refractivity contribution in [1.29, 1.82) is 0 Å². The fourth-order valence-electron chi connectivity index (χ4n) is 3.69. The molecule has 0 bridgehead atoms. The number of benzene rings is 4. The van der Waals surface area contributed by atoms with Crippen molar-refractivity contribution in [3.63, 3.8) is 0 Å². The molecule has 1 aromatic heterocycles. The minimum atomic E-state index is 0.00628. The Hall–Kier alpha value is -3.52. The van der Waals surface area contributed by atoms with Crippen molar-refractivity contribution >= 4 is 44.2 Å². The molecule has 26 heavy (non-hydrogen) atoms. The molecule has 0 fully saturated rings.